The van der Waals surface area contributed by atoms with Crippen molar-refractivity contribution in [3.05, 3.63) is 54.6 Å². The summed E-state index contributed by atoms with van der Waals surface area (Å²) >= 11 is 0. The molecule has 2 N–H and O–H groups in total. The molecule has 2 aromatic heterocycles. The van der Waals surface area contributed by atoms with E-state index in [0.29, 0.717) is 23.0 Å². The van der Waals surface area contributed by atoms with Crippen molar-refractivity contribution in [2.45, 2.75) is 30.0 Å². The largest absolute Gasteiger partial charge is 0.416 e. The molecule has 1 aromatic carbocycles. The lowest BCUT2D eigenvalue weighted by Gasteiger charge is -2.14. The predicted molar refractivity (Wildman–Crippen MR) is 105 cm³/mol. The number of anilines is 2. The Morgan fingerprint density at radius 3 is 2.57 bits per heavy atom. The van der Waals surface area contributed by atoms with Crippen LogP contribution in [-0.4, -0.2) is 30.0 Å². The molecule has 1 aliphatic carbocycles. The molecule has 11 heteroatoms. The molecule has 0 saturated heterocycles. The zero-order valence-corrected chi connectivity index (χ0v) is 16.6. The summed E-state index contributed by atoms with van der Waals surface area (Å²) in [5.74, 6) is -0.0167. The third-order valence-electron chi connectivity index (χ3n) is 4.77. The number of hydrogen-bond acceptors (Lipinski definition) is 5. The van der Waals surface area contributed by atoms with Crippen molar-refractivity contribution in [1.29, 1.82) is 0 Å². The van der Waals surface area contributed by atoms with Crippen LogP contribution in [0, 0.1) is 0 Å². The van der Waals surface area contributed by atoms with Crippen molar-refractivity contribution in [1.82, 2.24) is 19.3 Å². The summed E-state index contributed by atoms with van der Waals surface area (Å²) in [4.78, 5) is 8.33. The monoisotopic (exact) mass is 437 g/mol. The molecule has 0 unspecified atom stereocenters. The number of nitrogens with zero attached hydrogens (tertiary/aromatic N) is 3. The summed E-state index contributed by atoms with van der Waals surface area (Å²) in [5, 5.41) is 2.86. The third-order valence-corrected chi connectivity index (χ3v) is 6.18. The van der Waals surface area contributed by atoms with Crippen LogP contribution in [0.25, 0.3) is 11.3 Å². The van der Waals surface area contributed by atoms with E-state index in [1.54, 1.807) is 12.5 Å². The Morgan fingerprint density at radius 2 is 1.90 bits per heavy atom. The smallest absolute Gasteiger partial charge is 0.340 e. The molecule has 4 rings (SSSR count). The first kappa shape index (κ1) is 20.4. The van der Waals surface area contributed by atoms with Crippen molar-refractivity contribution in [2.24, 2.45) is 0 Å². The van der Waals surface area contributed by atoms with E-state index < -0.39 is 21.8 Å². The molecule has 1 fully saturated rings. The van der Waals surface area contributed by atoms with Gasteiger partial charge in [0.1, 0.15) is 5.82 Å². The molecule has 0 bridgehead atoms. The fourth-order valence-electron chi connectivity index (χ4n) is 2.99. The fourth-order valence-corrected chi connectivity index (χ4v) is 3.75. The Balaban J connectivity index is 1.77. The van der Waals surface area contributed by atoms with E-state index in [4.69, 9.17) is 0 Å². The van der Waals surface area contributed by atoms with Crippen molar-refractivity contribution >= 4 is 21.5 Å². The second kappa shape index (κ2) is 7.40. The Morgan fingerprint density at radius 1 is 1.13 bits per heavy atom. The van der Waals surface area contributed by atoms with Gasteiger partial charge in [-0.3, -0.25) is 0 Å². The first-order valence-corrected chi connectivity index (χ1v) is 10.6. The fraction of sp³-hybridized carbons (Fsp3) is 0.263. The van der Waals surface area contributed by atoms with Crippen LogP contribution < -0.4 is 10.0 Å². The number of nitrogens with one attached hydrogen (secondary N) is 2. The molecule has 0 spiro atoms. The number of halogens is 3. The van der Waals surface area contributed by atoms with Gasteiger partial charge in [-0.15, -0.1) is 0 Å². The summed E-state index contributed by atoms with van der Waals surface area (Å²) in [6.45, 7) is 0. The molecule has 30 heavy (non-hydrogen) atoms. The molecule has 7 nitrogen and oxygen atoms in total. The first-order chi connectivity index (χ1) is 14.2. The third kappa shape index (κ3) is 4.17. The lowest BCUT2D eigenvalue weighted by Crippen LogP contribution is -2.18. The van der Waals surface area contributed by atoms with Crippen LogP contribution in [0.5, 0.6) is 0 Å². The number of alkyl halides is 3. The van der Waals surface area contributed by atoms with E-state index in [0.717, 1.165) is 31.2 Å². The van der Waals surface area contributed by atoms with Gasteiger partial charge in [-0.2, -0.15) is 13.2 Å². The SMILES string of the molecule is CNS(=O)(=O)c1ccc(Nc2cc(C(F)(F)F)ccn2)c(-c2cn(C3CC3)cn2)c1. The number of imidazole rings is 1. The van der Waals surface area contributed by atoms with Gasteiger partial charge >= 0.3 is 6.18 Å². The van der Waals surface area contributed by atoms with Gasteiger partial charge in [0.2, 0.25) is 10.0 Å². The second-order valence-electron chi connectivity index (χ2n) is 6.90. The number of pyridine rings is 1. The first-order valence-electron chi connectivity index (χ1n) is 9.09. The average Bonchev–Trinajstić information content (AvgIpc) is 3.45. The molecule has 1 saturated carbocycles. The molecule has 2 heterocycles. The van der Waals surface area contributed by atoms with Crippen LogP contribution in [0.3, 0.4) is 0 Å². The van der Waals surface area contributed by atoms with E-state index in [-0.39, 0.29) is 10.7 Å². The number of hydrogen-bond donors (Lipinski definition) is 2. The molecule has 0 amide bonds. The van der Waals surface area contributed by atoms with Crippen LogP contribution >= 0.6 is 0 Å². The van der Waals surface area contributed by atoms with Crippen molar-refractivity contribution in [3.8, 4) is 11.3 Å². The lowest BCUT2D eigenvalue weighted by molar-refractivity contribution is -0.137. The van der Waals surface area contributed by atoms with Gasteiger partial charge in [0.25, 0.3) is 0 Å². The highest BCUT2D eigenvalue weighted by Crippen LogP contribution is 2.38. The highest BCUT2D eigenvalue weighted by atomic mass is 32.2. The normalized spacial score (nSPS) is 14.7. The highest BCUT2D eigenvalue weighted by Gasteiger charge is 2.31. The summed E-state index contributed by atoms with van der Waals surface area (Å²) in [5.41, 5.74) is 0.487. The summed E-state index contributed by atoms with van der Waals surface area (Å²) in [7, 11) is -2.42. The lowest BCUT2D eigenvalue weighted by atomic mass is 10.1. The maximum absolute atomic E-state index is 13.0. The second-order valence-corrected chi connectivity index (χ2v) is 8.79. The van der Waals surface area contributed by atoms with E-state index in [9.17, 15) is 21.6 Å². The number of aromatic nitrogens is 3. The van der Waals surface area contributed by atoms with E-state index >= 15 is 0 Å². The van der Waals surface area contributed by atoms with E-state index in [1.807, 2.05) is 4.57 Å². The van der Waals surface area contributed by atoms with Crippen LogP contribution in [0.4, 0.5) is 24.7 Å². The van der Waals surface area contributed by atoms with Crippen molar-refractivity contribution in [3.63, 3.8) is 0 Å². The summed E-state index contributed by atoms with van der Waals surface area (Å²) in [6.07, 6.45) is 2.11. The number of sulfonamides is 1. The van der Waals surface area contributed by atoms with Gasteiger partial charge in [0.15, 0.2) is 0 Å². The van der Waals surface area contributed by atoms with Crippen LogP contribution in [0.1, 0.15) is 24.4 Å². The average molecular weight is 437 g/mol. The molecule has 0 aliphatic heterocycles. The Bertz CT molecular complexity index is 1190. The minimum Gasteiger partial charge on any atom is -0.340 e. The van der Waals surface area contributed by atoms with Crippen molar-refractivity contribution < 1.29 is 21.6 Å². The van der Waals surface area contributed by atoms with E-state index in [2.05, 4.69) is 20.0 Å². The van der Waals surface area contributed by atoms with Crippen LogP contribution in [0.15, 0.2) is 53.9 Å². The zero-order valence-electron chi connectivity index (χ0n) is 15.8. The summed E-state index contributed by atoms with van der Waals surface area (Å²) < 4.78 is 67.7. The highest BCUT2D eigenvalue weighted by molar-refractivity contribution is 7.89. The molecule has 158 valence electrons. The quantitative estimate of drug-likeness (QED) is 0.610. The summed E-state index contributed by atoms with van der Waals surface area (Å²) in [6, 6.07) is 6.43. The Kier molecular flexibility index (Phi) is 5.02. The molecule has 0 atom stereocenters. The molecule has 1 aliphatic rings. The predicted octanol–water partition coefficient (Wildman–Crippen LogP) is 3.95. The van der Waals surface area contributed by atoms with Gasteiger partial charge in [0.05, 0.1) is 22.5 Å². The van der Waals surface area contributed by atoms with Crippen LogP contribution in [-0.2, 0) is 16.2 Å². The number of benzene rings is 1. The molecular formula is C19H18F3N5O2S. The van der Waals surface area contributed by atoms with E-state index in [1.165, 1.54) is 25.2 Å². The van der Waals surface area contributed by atoms with Crippen LogP contribution in [0.2, 0.25) is 0 Å². The molecule has 3 aromatic rings. The topological polar surface area (TPSA) is 88.9 Å². The standard InChI is InChI=1S/C19H18F3N5O2S/c1-23-30(28,29)14-4-5-16(26-18-8-12(6-7-24-18)19(20,21)22)15(9-14)17-10-27(11-25-17)13-2-3-13/h4-11,13,23H,2-3H2,1H3,(H,24,26). The van der Waals surface area contributed by atoms with Gasteiger partial charge in [0, 0.05) is 29.7 Å². The van der Waals surface area contributed by atoms with Gasteiger partial charge in [-0.05, 0) is 50.2 Å². The van der Waals surface area contributed by atoms with Gasteiger partial charge < -0.3 is 9.88 Å². The zero-order chi connectivity index (χ0) is 21.5. The van der Waals surface area contributed by atoms with Gasteiger partial charge in [-0.1, -0.05) is 0 Å². The maximum atomic E-state index is 13.0. The van der Waals surface area contributed by atoms with Crippen molar-refractivity contribution in [2.75, 3.05) is 12.4 Å². The minimum atomic E-state index is -4.50. The molecule has 0 radical (unpaired) electrons. The minimum absolute atomic E-state index is 0.0167. The maximum Gasteiger partial charge on any atom is 0.416 e. The molecular weight excluding hydrogens is 419 g/mol. The van der Waals surface area contributed by atoms with Gasteiger partial charge in [-0.25, -0.2) is 23.1 Å². The number of rotatable bonds is 6. The Labute approximate surface area is 171 Å². The Hall–Kier alpha value is -2.92.